The number of pyridine rings is 1. The highest BCUT2D eigenvalue weighted by Gasteiger charge is 2.31. The summed E-state index contributed by atoms with van der Waals surface area (Å²) in [7, 11) is 1.83. The minimum absolute atomic E-state index is 0.0688. The van der Waals surface area contributed by atoms with Gasteiger partial charge in [0.1, 0.15) is 5.69 Å². The molecule has 0 radical (unpaired) electrons. The molecule has 0 amide bonds. The molecule has 1 saturated heterocycles. The number of hydrogen-bond donors (Lipinski definition) is 1. The second-order valence-corrected chi connectivity index (χ2v) is 10.8. The summed E-state index contributed by atoms with van der Waals surface area (Å²) in [5.41, 5.74) is 5.70. The number of rotatable bonds is 5. The van der Waals surface area contributed by atoms with Gasteiger partial charge >= 0.3 is 0 Å². The van der Waals surface area contributed by atoms with Gasteiger partial charge in [-0.05, 0) is 55.9 Å². The first-order chi connectivity index (χ1) is 17.8. The van der Waals surface area contributed by atoms with Crippen molar-refractivity contribution in [3.63, 3.8) is 0 Å². The van der Waals surface area contributed by atoms with Gasteiger partial charge in [-0.25, -0.2) is 4.68 Å². The number of nitrogens with zero attached hydrogens (tertiary/aromatic N) is 5. The fourth-order valence-corrected chi connectivity index (χ4v) is 5.93. The molecule has 1 atom stereocenters. The third-order valence-corrected chi connectivity index (χ3v) is 7.79. The van der Waals surface area contributed by atoms with Crippen molar-refractivity contribution in [2.45, 2.75) is 38.3 Å². The average Bonchev–Trinajstić information content (AvgIpc) is 3.40. The Labute approximate surface area is 220 Å². The van der Waals surface area contributed by atoms with Gasteiger partial charge in [-0.1, -0.05) is 59.3 Å². The molecule has 0 spiro atoms. The number of ether oxygens (including phenoxy) is 1. The minimum Gasteiger partial charge on any atom is -0.386 e. The van der Waals surface area contributed by atoms with Gasteiger partial charge in [0.05, 0.1) is 28.2 Å². The molecule has 5 aromatic rings. The van der Waals surface area contributed by atoms with E-state index < -0.39 is 5.60 Å². The third kappa shape index (κ3) is 4.21. The van der Waals surface area contributed by atoms with Crippen LogP contribution < -0.4 is 0 Å². The van der Waals surface area contributed by atoms with E-state index >= 15 is 0 Å². The number of hydrogen-bond acceptors (Lipinski definition) is 5. The van der Waals surface area contributed by atoms with E-state index in [0.29, 0.717) is 11.1 Å². The summed E-state index contributed by atoms with van der Waals surface area (Å²) in [5, 5.41) is 20.4. The molecule has 1 aliphatic heterocycles. The fraction of sp³-hybridized carbons (Fsp3) is 0.345. The fourth-order valence-electron chi connectivity index (χ4n) is 5.67. The van der Waals surface area contributed by atoms with E-state index in [-0.39, 0.29) is 6.04 Å². The van der Waals surface area contributed by atoms with Gasteiger partial charge in [-0.3, -0.25) is 4.98 Å². The Morgan fingerprint density at radius 2 is 1.81 bits per heavy atom. The lowest BCUT2D eigenvalue weighted by Crippen LogP contribution is -2.27. The van der Waals surface area contributed by atoms with Crippen molar-refractivity contribution in [3.05, 3.63) is 77.1 Å². The first kappa shape index (κ1) is 24.1. The van der Waals surface area contributed by atoms with Crippen LogP contribution in [0.4, 0.5) is 0 Å². The Hall–Kier alpha value is -3.26. The van der Waals surface area contributed by atoms with Crippen molar-refractivity contribution < 1.29 is 9.84 Å². The second-order valence-electron chi connectivity index (χ2n) is 10.4. The van der Waals surface area contributed by atoms with Crippen molar-refractivity contribution in [2.75, 3.05) is 13.2 Å². The standard InChI is InChI=1S/C29H30ClN5O2/c1-29(2,36)21-9-10-22-23(16-21)35(26(18-7-5-4-6-8-18)19-11-13-37-14-12-19)24-15-20(17-31-25(22)24)27-28(30)32-33-34(27)3/h4-10,15-17,19,26,36H,11-14H2,1-3H3/t26-/m1/s1. The lowest BCUT2D eigenvalue weighted by Gasteiger charge is -2.33. The van der Waals surface area contributed by atoms with Gasteiger partial charge in [0.25, 0.3) is 0 Å². The molecule has 8 heteroatoms. The molecule has 2 aromatic carbocycles. The third-order valence-electron chi connectivity index (χ3n) is 7.54. The highest BCUT2D eigenvalue weighted by molar-refractivity contribution is 6.31. The molecule has 1 N–H and O–H groups in total. The molecule has 3 aromatic heterocycles. The number of halogens is 1. The van der Waals surface area contributed by atoms with E-state index in [2.05, 4.69) is 63.4 Å². The first-order valence-corrected chi connectivity index (χ1v) is 13.1. The van der Waals surface area contributed by atoms with Gasteiger partial charge in [-0.15, -0.1) is 5.10 Å². The molecule has 0 aliphatic carbocycles. The first-order valence-electron chi connectivity index (χ1n) is 12.7. The Bertz CT molecular complexity index is 1560. The van der Waals surface area contributed by atoms with Gasteiger partial charge in [-0.2, -0.15) is 0 Å². The molecule has 6 rings (SSSR count). The van der Waals surface area contributed by atoms with E-state index in [1.54, 1.807) is 4.68 Å². The van der Waals surface area contributed by atoms with Crippen molar-refractivity contribution >= 4 is 33.5 Å². The summed E-state index contributed by atoms with van der Waals surface area (Å²) < 4.78 is 9.84. The van der Waals surface area contributed by atoms with Gasteiger partial charge in [0.15, 0.2) is 5.15 Å². The predicted octanol–water partition coefficient (Wildman–Crippen LogP) is 5.88. The van der Waals surface area contributed by atoms with Crippen molar-refractivity contribution in [1.29, 1.82) is 0 Å². The van der Waals surface area contributed by atoms with Crippen LogP contribution in [0.15, 0.2) is 60.8 Å². The summed E-state index contributed by atoms with van der Waals surface area (Å²) in [6, 6.07) is 19.1. The van der Waals surface area contributed by atoms with E-state index in [9.17, 15) is 5.11 Å². The number of benzene rings is 2. The zero-order chi connectivity index (χ0) is 25.7. The van der Waals surface area contributed by atoms with Gasteiger partial charge in [0, 0.05) is 37.4 Å². The number of aromatic nitrogens is 5. The normalized spacial score (nSPS) is 16.0. The maximum absolute atomic E-state index is 10.9. The van der Waals surface area contributed by atoms with Crippen LogP contribution in [0.25, 0.3) is 33.2 Å². The Kier molecular flexibility index (Phi) is 6.02. The monoisotopic (exact) mass is 515 g/mol. The summed E-state index contributed by atoms with van der Waals surface area (Å²) in [4.78, 5) is 4.95. The van der Waals surface area contributed by atoms with E-state index in [0.717, 1.165) is 64.8 Å². The lowest BCUT2D eigenvalue weighted by atomic mass is 9.86. The highest BCUT2D eigenvalue weighted by atomic mass is 35.5. The maximum atomic E-state index is 10.9. The Balaban J connectivity index is 1.69. The summed E-state index contributed by atoms with van der Waals surface area (Å²) in [5.74, 6) is 0.381. The number of aryl methyl sites for hydroxylation is 1. The van der Waals surface area contributed by atoms with E-state index in [1.807, 2.05) is 33.2 Å². The molecule has 7 nitrogen and oxygen atoms in total. The van der Waals surface area contributed by atoms with Crippen LogP contribution in [-0.2, 0) is 17.4 Å². The van der Waals surface area contributed by atoms with E-state index in [1.165, 1.54) is 5.56 Å². The smallest absolute Gasteiger partial charge is 0.179 e. The van der Waals surface area contributed by atoms with Crippen molar-refractivity contribution in [3.8, 4) is 11.3 Å². The van der Waals surface area contributed by atoms with Crippen LogP contribution in [0.5, 0.6) is 0 Å². The molecule has 0 unspecified atom stereocenters. The Morgan fingerprint density at radius 1 is 1.05 bits per heavy atom. The summed E-state index contributed by atoms with van der Waals surface area (Å²) in [6.07, 6.45) is 3.78. The number of fused-ring (bicyclic) bond motifs is 3. The van der Waals surface area contributed by atoms with Gasteiger partial charge < -0.3 is 14.4 Å². The maximum Gasteiger partial charge on any atom is 0.179 e. The molecule has 37 heavy (non-hydrogen) atoms. The Morgan fingerprint density at radius 3 is 2.49 bits per heavy atom. The van der Waals surface area contributed by atoms with Crippen molar-refractivity contribution in [2.24, 2.45) is 13.0 Å². The molecule has 0 saturated carbocycles. The van der Waals surface area contributed by atoms with Crippen LogP contribution in [0, 0.1) is 5.92 Å². The van der Waals surface area contributed by atoms with Crippen LogP contribution in [0.1, 0.15) is 43.9 Å². The summed E-state index contributed by atoms with van der Waals surface area (Å²) in [6.45, 7) is 5.14. The molecule has 0 bridgehead atoms. The number of aliphatic hydroxyl groups is 1. The minimum atomic E-state index is -0.969. The quantitative estimate of drug-likeness (QED) is 0.316. The van der Waals surface area contributed by atoms with Gasteiger partial charge in [0.2, 0.25) is 0 Å². The lowest BCUT2D eigenvalue weighted by molar-refractivity contribution is 0.0552. The van der Waals surface area contributed by atoms with Crippen LogP contribution >= 0.6 is 11.6 Å². The zero-order valence-electron chi connectivity index (χ0n) is 21.2. The predicted molar refractivity (Wildman–Crippen MR) is 146 cm³/mol. The molecule has 4 heterocycles. The van der Waals surface area contributed by atoms with Crippen LogP contribution in [0.2, 0.25) is 5.15 Å². The largest absolute Gasteiger partial charge is 0.386 e. The topological polar surface area (TPSA) is 78.0 Å². The SMILES string of the molecule is Cn1nnc(Cl)c1-c1cnc2c3ccc(C(C)(C)O)cc3n([C@H](c3ccccc3)C3CCOCC3)c2c1. The molecule has 1 fully saturated rings. The van der Waals surface area contributed by atoms with Crippen LogP contribution in [0.3, 0.4) is 0 Å². The molecular weight excluding hydrogens is 486 g/mol. The highest BCUT2D eigenvalue weighted by Crippen LogP contribution is 2.42. The average molecular weight is 516 g/mol. The molecular formula is C29H30ClN5O2. The zero-order valence-corrected chi connectivity index (χ0v) is 22.0. The second kappa shape index (κ2) is 9.24. The molecule has 1 aliphatic rings. The van der Waals surface area contributed by atoms with E-state index in [4.69, 9.17) is 21.3 Å². The summed E-state index contributed by atoms with van der Waals surface area (Å²) >= 11 is 6.43. The van der Waals surface area contributed by atoms with Crippen molar-refractivity contribution in [1.82, 2.24) is 24.5 Å². The molecule has 190 valence electrons. The van der Waals surface area contributed by atoms with Crippen LogP contribution in [-0.4, -0.2) is 42.9 Å².